The summed E-state index contributed by atoms with van der Waals surface area (Å²) in [5.41, 5.74) is 3.08. The highest BCUT2D eigenvalue weighted by molar-refractivity contribution is 7.23. The van der Waals surface area contributed by atoms with E-state index < -0.39 is 12.1 Å². The van der Waals surface area contributed by atoms with E-state index in [0.717, 1.165) is 39.7 Å². The quantitative estimate of drug-likeness (QED) is 0.236. The predicted octanol–water partition coefficient (Wildman–Crippen LogP) is 4.61. The number of carbonyl (C=O) groups excluding carboxylic acids is 1. The van der Waals surface area contributed by atoms with Crippen molar-refractivity contribution < 1.29 is 23.9 Å². The number of benzene rings is 1. The molecule has 0 saturated carbocycles. The molecule has 1 fully saturated rings. The van der Waals surface area contributed by atoms with Gasteiger partial charge in [0.25, 0.3) is 0 Å². The third-order valence-electron chi connectivity index (χ3n) is 6.86. The van der Waals surface area contributed by atoms with Crippen LogP contribution < -0.4 is 15.4 Å². The van der Waals surface area contributed by atoms with Gasteiger partial charge in [0.05, 0.1) is 24.4 Å². The Balaban J connectivity index is 1.07. The molecule has 5 heterocycles. The molecule has 0 spiro atoms. The second kappa shape index (κ2) is 11.7. The monoisotopic (exact) mass is 591 g/mol. The number of nitrogens with one attached hydrogen (secondary N) is 2. The van der Waals surface area contributed by atoms with Gasteiger partial charge in [0.15, 0.2) is 10.8 Å². The Kier molecular flexibility index (Phi) is 7.82. The van der Waals surface area contributed by atoms with Crippen molar-refractivity contribution in [2.45, 2.75) is 32.3 Å². The molecule has 6 rings (SSSR count). The summed E-state index contributed by atoms with van der Waals surface area (Å²) < 4.78 is 18.5. The Morgan fingerprint density at radius 3 is 2.64 bits per heavy atom. The number of amides is 2. The highest BCUT2D eigenvalue weighted by atomic mass is 32.1. The van der Waals surface area contributed by atoms with Crippen LogP contribution in [0.2, 0.25) is 0 Å². The van der Waals surface area contributed by atoms with Crippen molar-refractivity contribution in [2.75, 3.05) is 50.1 Å². The van der Waals surface area contributed by atoms with E-state index in [-0.39, 0.29) is 12.0 Å². The van der Waals surface area contributed by atoms with Gasteiger partial charge < -0.3 is 24.4 Å². The fourth-order valence-electron chi connectivity index (χ4n) is 4.60. The predicted molar refractivity (Wildman–Crippen MR) is 160 cm³/mol. The molecule has 1 aliphatic rings. The molecule has 220 valence electrons. The number of hydrogen-bond acceptors (Lipinski definition) is 10. The SMILES string of the molecule is CC(C)(C)c1cc(NC(=O)Nc2ccc(-c3cn4c(n3)sc3nc(OCC(O)CN5CCOCC5)ccc34)cc2)no1. The molecule has 0 aliphatic carbocycles. The minimum absolute atomic E-state index is 0.174. The zero-order valence-corrected chi connectivity index (χ0v) is 24.5. The first-order valence-electron chi connectivity index (χ1n) is 13.8. The van der Waals surface area contributed by atoms with E-state index in [1.165, 1.54) is 11.3 Å². The normalized spacial score (nSPS) is 15.2. The molecule has 3 N–H and O–H groups in total. The summed E-state index contributed by atoms with van der Waals surface area (Å²) in [4.78, 5) is 25.6. The first-order valence-corrected chi connectivity index (χ1v) is 14.6. The molecule has 1 aliphatic heterocycles. The van der Waals surface area contributed by atoms with Crippen molar-refractivity contribution in [2.24, 2.45) is 0 Å². The van der Waals surface area contributed by atoms with Gasteiger partial charge in [0, 0.05) is 54.6 Å². The number of fused-ring (bicyclic) bond motifs is 3. The number of anilines is 2. The van der Waals surface area contributed by atoms with Crippen LogP contribution in [0, 0.1) is 0 Å². The number of imidazole rings is 1. The number of rotatable bonds is 8. The van der Waals surface area contributed by atoms with Crippen LogP contribution in [0.1, 0.15) is 26.5 Å². The number of ether oxygens (including phenoxy) is 2. The maximum absolute atomic E-state index is 12.4. The number of β-amino-alcohol motifs (C(OH)–C–C–N with tert-alkyl or cyclic N) is 1. The van der Waals surface area contributed by atoms with E-state index in [1.807, 2.05) is 67.8 Å². The molecule has 13 heteroatoms. The van der Waals surface area contributed by atoms with Gasteiger partial charge in [-0.3, -0.25) is 14.6 Å². The largest absolute Gasteiger partial charge is 0.475 e. The Morgan fingerprint density at radius 1 is 1.12 bits per heavy atom. The zero-order chi connectivity index (χ0) is 29.3. The number of aliphatic hydroxyl groups excluding tert-OH is 1. The second-order valence-electron chi connectivity index (χ2n) is 11.2. The number of hydrogen-bond donors (Lipinski definition) is 3. The van der Waals surface area contributed by atoms with E-state index in [0.29, 0.717) is 42.9 Å². The standard InChI is InChI=1S/C29H33N7O5S/c1-29(2,3)23-14-24(34-41-23)32-27(38)30-19-6-4-18(5-7-19)21-16-36-22-8-9-25(33-26(22)42-28(36)31-21)40-17-20(37)15-35-10-12-39-13-11-35/h4-9,14,16,20,37H,10-13,15,17H2,1-3H3,(H2,30,32,34,38). The third kappa shape index (κ3) is 6.39. The Bertz CT molecular complexity index is 1680. The first kappa shape index (κ1) is 28.1. The van der Waals surface area contributed by atoms with Crippen molar-refractivity contribution in [1.82, 2.24) is 24.4 Å². The fraction of sp³-hybridized carbons (Fsp3) is 0.379. The molecule has 5 aromatic rings. The maximum Gasteiger partial charge on any atom is 0.324 e. The minimum Gasteiger partial charge on any atom is -0.475 e. The lowest BCUT2D eigenvalue weighted by Gasteiger charge is -2.28. The van der Waals surface area contributed by atoms with Gasteiger partial charge in [-0.05, 0) is 18.2 Å². The number of aromatic nitrogens is 4. The van der Waals surface area contributed by atoms with Crippen molar-refractivity contribution in [3.63, 3.8) is 0 Å². The average molecular weight is 592 g/mol. The zero-order valence-electron chi connectivity index (χ0n) is 23.7. The van der Waals surface area contributed by atoms with E-state index in [1.54, 1.807) is 6.07 Å². The summed E-state index contributed by atoms with van der Waals surface area (Å²) >= 11 is 1.47. The van der Waals surface area contributed by atoms with Crippen molar-refractivity contribution in [1.29, 1.82) is 0 Å². The lowest BCUT2D eigenvalue weighted by atomic mass is 9.93. The number of thiazole rings is 1. The second-order valence-corrected chi connectivity index (χ2v) is 12.2. The molecule has 0 radical (unpaired) electrons. The van der Waals surface area contributed by atoms with Gasteiger partial charge in [-0.15, -0.1) is 0 Å². The van der Waals surface area contributed by atoms with Gasteiger partial charge >= 0.3 is 6.03 Å². The Labute approximate surface area is 246 Å². The van der Waals surface area contributed by atoms with E-state index >= 15 is 0 Å². The van der Waals surface area contributed by atoms with Gasteiger partial charge in [-0.1, -0.05) is 49.4 Å². The van der Waals surface area contributed by atoms with Crippen molar-refractivity contribution >= 4 is 44.2 Å². The molecular formula is C29H33N7O5S. The van der Waals surface area contributed by atoms with Crippen molar-refractivity contribution in [3.8, 4) is 17.1 Å². The van der Waals surface area contributed by atoms with Crippen LogP contribution in [0.25, 0.3) is 26.6 Å². The summed E-state index contributed by atoms with van der Waals surface area (Å²) in [6.07, 6.45) is 1.37. The van der Waals surface area contributed by atoms with Crippen LogP contribution in [0.4, 0.5) is 16.3 Å². The van der Waals surface area contributed by atoms with Gasteiger partial charge in [0.1, 0.15) is 23.3 Å². The number of nitrogens with zero attached hydrogens (tertiary/aromatic N) is 5. The first-order chi connectivity index (χ1) is 20.2. The number of morpholine rings is 1. The maximum atomic E-state index is 12.4. The number of pyridine rings is 1. The molecule has 12 nitrogen and oxygen atoms in total. The highest BCUT2D eigenvalue weighted by Gasteiger charge is 2.21. The molecule has 1 aromatic carbocycles. The van der Waals surface area contributed by atoms with Crippen LogP contribution in [0.5, 0.6) is 5.88 Å². The molecular weight excluding hydrogens is 558 g/mol. The fourth-order valence-corrected chi connectivity index (χ4v) is 5.57. The molecule has 1 saturated heterocycles. The topological polar surface area (TPSA) is 139 Å². The van der Waals surface area contributed by atoms with Gasteiger partial charge in [-0.25, -0.2) is 14.8 Å². The van der Waals surface area contributed by atoms with Gasteiger partial charge in [0.2, 0.25) is 5.88 Å². The summed E-state index contributed by atoms with van der Waals surface area (Å²) in [7, 11) is 0. The smallest absolute Gasteiger partial charge is 0.324 e. The molecule has 42 heavy (non-hydrogen) atoms. The van der Waals surface area contributed by atoms with Crippen LogP contribution in [-0.2, 0) is 10.2 Å². The molecule has 4 aromatic heterocycles. The van der Waals surface area contributed by atoms with Crippen LogP contribution in [-0.4, -0.2) is 81.1 Å². The molecule has 2 amide bonds. The lowest BCUT2D eigenvalue weighted by molar-refractivity contribution is 0.00426. The van der Waals surface area contributed by atoms with Crippen LogP contribution in [0.15, 0.2) is 53.2 Å². The molecule has 0 bridgehead atoms. The minimum atomic E-state index is -0.602. The Hall–Kier alpha value is -4.04. The summed E-state index contributed by atoms with van der Waals surface area (Å²) in [5.74, 6) is 1.52. The number of carbonyl (C=O) groups is 1. The van der Waals surface area contributed by atoms with E-state index in [2.05, 4.69) is 25.7 Å². The summed E-state index contributed by atoms with van der Waals surface area (Å²) in [6.45, 7) is 9.78. The third-order valence-corrected chi connectivity index (χ3v) is 7.83. The highest BCUT2D eigenvalue weighted by Crippen LogP contribution is 2.30. The number of urea groups is 1. The molecule has 1 unspecified atom stereocenters. The molecule has 1 atom stereocenters. The van der Waals surface area contributed by atoms with E-state index in [4.69, 9.17) is 19.0 Å². The van der Waals surface area contributed by atoms with Crippen LogP contribution >= 0.6 is 11.3 Å². The van der Waals surface area contributed by atoms with Gasteiger partial charge in [-0.2, -0.15) is 0 Å². The Morgan fingerprint density at radius 2 is 1.90 bits per heavy atom. The summed E-state index contributed by atoms with van der Waals surface area (Å²) in [5, 5.41) is 19.8. The average Bonchev–Trinajstić information content (AvgIpc) is 3.68. The van der Waals surface area contributed by atoms with Crippen LogP contribution in [0.3, 0.4) is 0 Å². The lowest BCUT2D eigenvalue weighted by Crippen LogP contribution is -2.42. The number of aliphatic hydroxyl groups is 1. The van der Waals surface area contributed by atoms with E-state index in [9.17, 15) is 9.90 Å². The van der Waals surface area contributed by atoms with Crippen molar-refractivity contribution in [3.05, 3.63) is 54.4 Å². The summed E-state index contributed by atoms with van der Waals surface area (Å²) in [6, 6.07) is 12.5.